The van der Waals surface area contributed by atoms with E-state index in [4.69, 9.17) is 0 Å². The molecule has 0 radical (unpaired) electrons. The van der Waals surface area contributed by atoms with Gasteiger partial charge in [-0.1, -0.05) is 20.8 Å². The summed E-state index contributed by atoms with van der Waals surface area (Å²) in [5, 5.41) is 0. The van der Waals surface area contributed by atoms with Crippen molar-refractivity contribution in [3.63, 3.8) is 0 Å². The molecule has 13 heavy (non-hydrogen) atoms. The minimum atomic E-state index is 0.271. The first-order chi connectivity index (χ1) is 6.05. The van der Waals surface area contributed by atoms with Gasteiger partial charge in [0.25, 0.3) is 0 Å². The molecule has 0 amide bonds. The summed E-state index contributed by atoms with van der Waals surface area (Å²) in [4.78, 5) is 15.8. The Hall–Kier alpha value is -0.660. The molecule has 1 aliphatic rings. The van der Waals surface area contributed by atoms with Crippen molar-refractivity contribution in [3.8, 4) is 0 Å². The molecule has 0 atom stereocenters. The Morgan fingerprint density at radius 1 is 1.46 bits per heavy atom. The van der Waals surface area contributed by atoms with Crippen LogP contribution >= 0.6 is 0 Å². The second-order valence-corrected chi connectivity index (χ2v) is 4.59. The maximum Gasteiger partial charge on any atom is 0.176 e. The number of hydrogen-bond donors (Lipinski definition) is 0. The highest BCUT2D eigenvalue weighted by molar-refractivity contribution is 6.40. The molecule has 74 valence electrons. The molecule has 0 spiro atoms. The van der Waals surface area contributed by atoms with Crippen molar-refractivity contribution in [2.24, 2.45) is 10.4 Å². The van der Waals surface area contributed by atoms with Crippen LogP contribution in [0.15, 0.2) is 4.99 Å². The lowest BCUT2D eigenvalue weighted by Crippen LogP contribution is -2.30. The minimum Gasteiger partial charge on any atom is -0.293 e. The van der Waals surface area contributed by atoms with Gasteiger partial charge in [-0.15, -0.1) is 0 Å². The fraction of sp³-hybridized carbons (Fsp3) is 0.818. The largest absolute Gasteiger partial charge is 0.293 e. The number of carbonyl (C=O) groups excluding carboxylic acids is 1. The van der Waals surface area contributed by atoms with E-state index in [1.165, 1.54) is 0 Å². The highest BCUT2D eigenvalue weighted by atomic mass is 16.1. The van der Waals surface area contributed by atoms with Gasteiger partial charge in [-0.05, 0) is 24.7 Å². The standard InChI is InChI=1S/C11H19NO/c1-4-7-12-9-8-11(2,3)6-5-10(9)13/h4-8H2,1-3H3. The first-order valence-corrected chi connectivity index (χ1v) is 5.12. The number of nitrogens with zero attached hydrogens (tertiary/aromatic N) is 1. The van der Waals surface area contributed by atoms with Gasteiger partial charge in [0.15, 0.2) is 5.78 Å². The third-order valence-corrected chi connectivity index (χ3v) is 2.52. The quantitative estimate of drug-likeness (QED) is 0.644. The van der Waals surface area contributed by atoms with Crippen molar-refractivity contribution in [1.29, 1.82) is 0 Å². The molecule has 0 aromatic carbocycles. The van der Waals surface area contributed by atoms with Crippen molar-refractivity contribution in [1.82, 2.24) is 0 Å². The first kappa shape index (κ1) is 10.4. The Labute approximate surface area is 80.4 Å². The molecule has 1 rings (SSSR count). The first-order valence-electron chi connectivity index (χ1n) is 5.12. The average molecular weight is 181 g/mol. The number of rotatable bonds is 2. The van der Waals surface area contributed by atoms with E-state index in [-0.39, 0.29) is 11.2 Å². The van der Waals surface area contributed by atoms with Crippen LogP contribution in [-0.4, -0.2) is 18.0 Å². The van der Waals surface area contributed by atoms with Crippen molar-refractivity contribution in [2.45, 2.75) is 46.5 Å². The second kappa shape index (κ2) is 4.03. The maximum absolute atomic E-state index is 11.5. The molecule has 0 aromatic rings. The van der Waals surface area contributed by atoms with Gasteiger partial charge in [-0.2, -0.15) is 0 Å². The van der Waals surface area contributed by atoms with Gasteiger partial charge >= 0.3 is 0 Å². The van der Waals surface area contributed by atoms with Gasteiger partial charge in [0.05, 0.1) is 5.71 Å². The molecule has 1 saturated carbocycles. The zero-order valence-electron chi connectivity index (χ0n) is 8.89. The number of Topliss-reactive ketones (excluding diaryl/α,β-unsaturated/α-hetero) is 1. The van der Waals surface area contributed by atoms with Crippen LogP contribution in [0.4, 0.5) is 0 Å². The Morgan fingerprint density at radius 2 is 2.15 bits per heavy atom. The van der Waals surface area contributed by atoms with Gasteiger partial charge < -0.3 is 0 Å². The maximum atomic E-state index is 11.5. The molecular formula is C11H19NO. The van der Waals surface area contributed by atoms with E-state index in [0.29, 0.717) is 6.42 Å². The monoisotopic (exact) mass is 181 g/mol. The Bertz CT molecular complexity index is 228. The van der Waals surface area contributed by atoms with Gasteiger partial charge in [-0.3, -0.25) is 9.79 Å². The summed E-state index contributed by atoms with van der Waals surface area (Å²) in [5.41, 5.74) is 1.11. The number of hydrogen-bond acceptors (Lipinski definition) is 2. The van der Waals surface area contributed by atoms with Gasteiger partial charge in [-0.25, -0.2) is 0 Å². The smallest absolute Gasteiger partial charge is 0.176 e. The fourth-order valence-electron chi connectivity index (χ4n) is 1.63. The zero-order chi connectivity index (χ0) is 9.90. The predicted molar refractivity (Wildman–Crippen MR) is 55.2 cm³/mol. The highest BCUT2D eigenvalue weighted by Gasteiger charge is 2.29. The van der Waals surface area contributed by atoms with Crippen LogP contribution in [0.1, 0.15) is 46.5 Å². The van der Waals surface area contributed by atoms with Crippen molar-refractivity contribution >= 4 is 11.5 Å². The highest BCUT2D eigenvalue weighted by Crippen LogP contribution is 2.32. The molecule has 0 heterocycles. The summed E-state index contributed by atoms with van der Waals surface area (Å²) >= 11 is 0. The van der Waals surface area contributed by atoms with Crippen LogP contribution in [0.5, 0.6) is 0 Å². The predicted octanol–water partition coefficient (Wildman–Crippen LogP) is 2.62. The molecule has 0 aromatic heterocycles. The molecule has 0 bridgehead atoms. The molecule has 0 N–H and O–H groups in total. The van der Waals surface area contributed by atoms with E-state index in [2.05, 4.69) is 25.8 Å². The number of aliphatic imine (C=N–C) groups is 1. The number of ketones is 1. The van der Waals surface area contributed by atoms with Crippen molar-refractivity contribution in [2.75, 3.05) is 6.54 Å². The van der Waals surface area contributed by atoms with Crippen LogP contribution < -0.4 is 0 Å². The van der Waals surface area contributed by atoms with E-state index >= 15 is 0 Å². The normalized spacial score (nSPS) is 25.2. The Balaban J connectivity index is 2.66. The Morgan fingerprint density at radius 3 is 2.77 bits per heavy atom. The third kappa shape index (κ3) is 2.94. The van der Waals surface area contributed by atoms with Gasteiger partial charge in [0.2, 0.25) is 0 Å². The van der Waals surface area contributed by atoms with Crippen molar-refractivity contribution < 1.29 is 4.79 Å². The van der Waals surface area contributed by atoms with Crippen LogP contribution in [0.25, 0.3) is 0 Å². The molecule has 0 aliphatic heterocycles. The number of carbonyl (C=O) groups is 1. The van der Waals surface area contributed by atoms with Crippen molar-refractivity contribution in [3.05, 3.63) is 0 Å². The summed E-state index contributed by atoms with van der Waals surface area (Å²) in [6.07, 6.45) is 3.59. The topological polar surface area (TPSA) is 29.4 Å². The van der Waals surface area contributed by atoms with Gasteiger partial charge in [0, 0.05) is 13.0 Å². The fourth-order valence-corrected chi connectivity index (χ4v) is 1.63. The minimum absolute atomic E-state index is 0.271. The van der Waals surface area contributed by atoms with Crippen LogP contribution in [0, 0.1) is 5.41 Å². The molecule has 0 unspecified atom stereocenters. The molecule has 2 nitrogen and oxygen atoms in total. The summed E-state index contributed by atoms with van der Waals surface area (Å²) in [6, 6.07) is 0. The van der Waals surface area contributed by atoms with Gasteiger partial charge in [0.1, 0.15) is 0 Å². The summed E-state index contributed by atoms with van der Waals surface area (Å²) in [6.45, 7) is 7.31. The van der Waals surface area contributed by atoms with E-state index in [0.717, 1.165) is 31.5 Å². The molecule has 0 saturated heterocycles. The SMILES string of the molecule is CCCN=C1CC(C)(C)CCC1=O. The lowest BCUT2D eigenvalue weighted by molar-refractivity contribution is -0.114. The van der Waals surface area contributed by atoms with E-state index in [1.807, 2.05) is 0 Å². The second-order valence-electron chi connectivity index (χ2n) is 4.59. The van der Waals surface area contributed by atoms with E-state index < -0.39 is 0 Å². The van der Waals surface area contributed by atoms with Crippen LogP contribution in [0.2, 0.25) is 0 Å². The summed E-state index contributed by atoms with van der Waals surface area (Å²) < 4.78 is 0. The molecule has 1 fully saturated rings. The van der Waals surface area contributed by atoms with E-state index in [1.54, 1.807) is 0 Å². The Kier molecular flexibility index (Phi) is 3.23. The molecule has 1 aliphatic carbocycles. The average Bonchev–Trinajstić information content (AvgIpc) is 2.07. The lowest BCUT2D eigenvalue weighted by Gasteiger charge is -2.29. The molecular weight excluding hydrogens is 162 g/mol. The third-order valence-electron chi connectivity index (χ3n) is 2.52. The van der Waals surface area contributed by atoms with Crippen LogP contribution in [0.3, 0.4) is 0 Å². The lowest BCUT2D eigenvalue weighted by atomic mass is 9.76. The van der Waals surface area contributed by atoms with E-state index in [9.17, 15) is 4.79 Å². The summed E-state index contributed by atoms with van der Waals surface area (Å²) in [5.74, 6) is 0.271. The zero-order valence-corrected chi connectivity index (χ0v) is 8.89. The summed E-state index contributed by atoms with van der Waals surface area (Å²) in [7, 11) is 0. The molecule has 2 heteroatoms. The van der Waals surface area contributed by atoms with Crippen LogP contribution in [-0.2, 0) is 4.79 Å².